The largest absolute Gasteiger partial charge is 0.463 e. The van der Waals surface area contributed by atoms with E-state index >= 15 is 0 Å². The average molecular weight is 405 g/mol. The molecule has 1 saturated carbocycles. The first-order valence-corrected chi connectivity index (χ1v) is 10.7. The quantitative estimate of drug-likeness (QED) is 0.616. The summed E-state index contributed by atoms with van der Waals surface area (Å²) in [5.74, 6) is 0.982. The lowest BCUT2D eigenvalue weighted by atomic mass is 9.88. The monoisotopic (exact) mass is 404 g/mol. The van der Waals surface area contributed by atoms with Gasteiger partial charge in [0.1, 0.15) is 0 Å². The van der Waals surface area contributed by atoms with Crippen LogP contribution in [0.25, 0.3) is 17.1 Å². The molecule has 0 radical (unpaired) electrons. The summed E-state index contributed by atoms with van der Waals surface area (Å²) in [6.07, 6.45) is 5.51. The van der Waals surface area contributed by atoms with Gasteiger partial charge in [0.05, 0.1) is 12.3 Å². The Kier molecular flexibility index (Phi) is 6.12. The molecule has 1 aliphatic rings. The van der Waals surface area contributed by atoms with Gasteiger partial charge >= 0.3 is 6.01 Å². The van der Waals surface area contributed by atoms with Crippen LogP contribution in [0, 0.1) is 12.8 Å². The van der Waals surface area contributed by atoms with Gasteiger partial charge in [0.25, 0.3) is 0 Å². The van der Waals surface area contributed by atoms with Crippen molar-refractivity contribution in [3.05, 3.63) is 54.1 Å². The van der Waals surface area contributed by atoms with Gasteiger partial charge in [-0.3, -0.25) is 4.79 Å². The highest BCUT2D eigenvalue weighted by Gasteiger charge is 2.21. The second-order valence-electron chi connectivity index (χ2n) is 7.80. The molecule has 1 amide bonds. The number of hydrogen-bond donors (Lipinski definition) is 1. The summed E-state index contributed by atoms with van der Waals surface area (Å²) < 4.78 is 7.32. The third-order valence-corrected chi connectivity index (χ3v) is 5.53. The van der Waals surface area contributed by atoms with Crippen molar-refractivity contribution in [3.63, 3.8) is 0 Å². The van der Waals surface area contributed by atoms with Gasteiger partial charge in [-0.2, -0.15) is 4.98 Å². The smallest absolute Gasteiger partial charge is 0.336 e. The number of nitrogens with zero attached hydrogens (tertiary/aromatic N) is 3. The number of rotatable bonds is 6. The lowest BCUT2D eigenvalue weighted by Crippen LogP contribution is -2.24. The maximum Gasteiger partial charge on any atom is 0.336 e. The minimum absolute atomic E-state index is 0.127. The van der Waals surface area contributed by atoms with Gasteiger partial charge in [0, 0.05) is 17.2 Å². The number of carbonyl (C=O) groups excluding carboxylic acids is 1. The first-order valence-electron chi connectivity index (χ1n) is 10.7. The fourth-order valence-corrected chi connectivity index (χ4v) is 3.85. The molecule has 1 heterocycles. The van der Waals surface area contributed by atoms with Crippen molar-refractivity contribution in [3.8, 4) is 23.1 Å². The zero-order valence-electron chi connectivity index (χ0n) is 17.6. The van der Waals surface area contributed by atoms with E-state index in [1.165, 1.54) is 12.0 Å². The van der Waals surface area contributed by atoms with Crippen molar-refractivity contribution >= 4 is 11.6 Å². The van der Waals surface area contributed by atoms with Gasteiger partial charge < -0.3 is 10.1 Å². The molecule has 0 spiro atoms. The van der Waals surface area contributed by atoms with Crippen molar-refractivity contribution < 1.29 is 9.53 Å². The third-order valence-electron chi connectivity index (χ3n) is 5.53. The van der Waals surface area contributed by atoms with Crippen LogP contribution in [-0.2, 0) is 4.79 Å². The highest BCUT2D eigenvalue weighted by molar-refractivity contribution is 5.92. The third kappa shape index (κ3) is 4.53. The summed E-state index contributed by atoms with van der Waals surface area (Å²) in [6.45, 7) is 4.47. The fourth-order valence-electron chi connectivity index (χ4n) is 3.85. The molecule has 0 saturated heterocycles. The highest BCUT2D eigenvalue weighted by atomic mass is 16.5. The van der Waals surface area contributed by atoms with Gasteiger partial charge in [0.2, 0.25) is 5.91 Å². The van der Waals surface area contributed by atoms with Crippen LogP contribution in [0.2, 0.25) is 0 Å². The van der Waals surface area contributed by atoms with E-state index in [9.17, 15) is 4.79 Å². The van der Waals surface area contributed by atoms with Crippen LogP contribution < -0.4 is 10.1 Å². The summed E-state index contributed by atoms with van der Waals surface area (Å²) in [6, 6.07) is 16.2. The van der Waals surface area contributed by atoms with E-state index in [0.29, 0.717) is 12.6 Å². The van der Waals surface area contributed by atoms with Gasteiger partial charge in [-0.05, 0) is 51.0 Å². The van der Waals surface area contributed by atoms with Crippen molar-refractivity contribution in [2.75, 3.05) is 11.9 Å². The Morgan fingerprint density at radius 3 is 2.43 bits per heavy atom. The van der Waals surface area contributed by atoms with Crippen molar-refractivity contribution in [1.82, 2.24) is 14.8 Å². The Bertz CT molecular complexity index is 987. The normalized spacial score (nSPS) is 14.5. The molecule has 1 N–H and O–H groups in total. The molecule has 4 rings (SSSR count). The molecule has 1 aliphatic carbocycles. The maximum absolute atomic E-state index is 12.5. The molecule has 156 valence electrons. The number of aromatic nitrogens is 3. The number of nitrogens with one attached hydrogen (secondary N) is 1. The van der Waals surface area contributed by atoms with Crippen molar-refractivity contribution in [1.29, 1.82) is 0 Å². The molecule has 0 unspecified atom stereocenters. The Morgan fingerprint density at radius 2 is 1.77 bits per heavy atom. The molecule has 0 atom stereocenters. The van der Waals surface area contributed by atoms with E-state index in [2.05, 4.69) is 34.5 Å². The Labute approximate surface area is 177 Å². The minimum atomic E-state index is 0.127. The predicted molar refractivity (Wildman–Crippen MR) is 118 cm³/mol. The molecular weight excluding hydrogens is 376 g/mol. The fraction of sp³-hybridized carbons (Fsp3) is 0.375. The lowest BCUT2D eigenvalue weighted by Gasteiger charge is -2.20. The SMILES string of the molecule is CCOc1nc(-c2ccc(C)cc2)n(-c2ccc(NC(=O)C3CCCCC3)cc2)n1. The molecule has 1 fully saturated rings. The van der Waals surface area contributed by atoms with Crippen molar-refractivity contribution in [2.45, 2.75) is 46.0 Å². The predicted octanol–water partition coefficient (Wildman–Crippen LogP) is 5.16. The van der Waals surface area contributed by atoms with Crippen LogP contribution >= 0.6 is 0 Å². The molecule has 2 aromatic carbocycles. The lowest BCUT2D eigenvalue weighted by molar-refractivity contribution is -0.120. The number of ether oxygens (including phenoxy) is 1. The van der Waals surface area contributed by atoms with Crippen LogP contribution in [0.1, 0.15) is 44.6 Å². The van der Waals surface area contributed by atoms with Crippen LogP contribution in [0.5, 0.6) is 6.01 Å². The van der Waals surface area contributed by atoms with Crippen molar-refractivity contribution in [2.24, 2.45) is 5.92 Å². The molecule has 3 aromatic rings. The van der Waals surface area contributed by atoms with Crippen LogP contribution in [-0.4, -0.2) is 27.3 Å². The molecule has 0 aliphatic heterocycles. The van der Waals surface area contributed by atoms with E-state index < -0.39 is 0 Å². The summed E-state index contributed by atoms with van der Waals surface area (Å²) >= 11 is 0. The van der Waals surface area contributed by atoms with E-state index in [4.69, 9.17) is 4.74 Å². The molecular formula is C24H28N4O2. The Balaban J connectivity index is 1.57. The maximum atomic E-state index is 12.5. The summed E-state index contributed by atoms with van der Waals surface area (Å²) in [5, 5.41) is 7.59. The second kappa shape index (κ2) is 9.11. The molecule has 6 heteroatoms. The number of carbonyl (C=O) groups is 1. The Hall–Kier alpha value is -3.15. The van der Waals surface area contributed by atoms with Crippen LogP contribution in [0.15, 0.2) is 48.5 Å². The van der Waals surface area contributed by atoms with Gasteiger partial charge in [-0.25, -0.2) is 4.68 Å². The molecule has 0 bridgehead atoms. The average Bonchev–Trinajstić information content (AvgIpc) is 3.19. The Morgan fingerprint density at radius 1 is 1.07 bits per heavy atom. The summed E-state index contributed by atoms with van der Waals surface area (Å²) in [5.41, 5.74) is 3.82. The number of amides is 1. The molecule has 1 aromatic heterocycles. The highest BCUT2D eigenvalue weighted by Crippen LogP contribution is 2.27. The number of hydrogen-bond acceptors (Lipinski definition) is 4. The van der Waals surface area contributed by atoms with E-state index in [1.807, 2.05) is 43.3 Å². The van der Waals surface area contributed by atoms with E-state index in [0.717, 1.165) is 48.4 Å². The summed E-state index contributed by atoms with van der Waals surface area (Å²) in [7, 11) is 0. The topological polar surface area (TPSA) is 69.0 Å². The molecule has 6 nitrogen and oxygen atoms in total. The number of aryl methyl sites for hydroxylation is 1. The van der Waals surface area contributed by atoms with Gasteiger partial charge in [-0.1, -0.05) is 49.1 Å². The first kappa shape index (κ1) is 20.1. The standard InChI is InChI=1S/C24H28N4O2/c1-3-30-24-26-22(18-11-9-17(2)10-12-18)28(27-24)21-15-13-20(14-16-21)25-23(29)19-7-5-4-6-8-19/h9-16,19H,3-8H2,1-2H3,(H,25,29). The van der Waals surface area contributed by atoms with Gasteiger partial charge in [0.15, 0.2) is 5.82 Å². The number of anilines is 1. The summed E-state index contributed by atoms with van der Waals surface area (Å²) in [4.78, 5) is 17.1. The second-order valence-corrected chi connectivity index (χ2v) is 7.80. The van der Waals surface area contributed by atoms with E-state index in [1.54, 1.807) is 4.68 Å². The number of benzene rings is 2. The van der Waals surface area contributed by atoms with Crippen LogP contribution in [0.3, 0.4) is 0 Å². The minimum Gasteiger partial charge on any atom is -0.463 e. The molecule has 30 heavy (non-hydrogen) atoms. The van der Waals surface area contributed by atoms with E-state index in [-0.39, 0.29) is 11.8 Å². The first-order chi connectivity index (χ1) is 14.6. The zero-order valence-corrected chi connectivity index (χ0v) is 17.6. The van der Waals surface area contributed by atoms with Crippen LogP contribution in [0.4, 0.5) is 5.69 Å². The van der Waals surface area contributed by atoms with Gasteiger partial charge in [-0.15, -0.1) is 5.10 Å². The zero-order chi connectivity index (χ0) is 20.9.